The second-order valence-electron chi connectivity index (χ2n) is 11.8. The predicted molar refractivity (Wildman–Crippen MR) is 239 cm³/mol. The molecule has 0 bridgehead atoms. The molecule has 0 radical (unpaired) electrons. The first-order valence-electron chi connectivity index (χ1n) is 15.5. The van der Waals surface area contributed by atoms with Gasteiger partial charge >= 0.3 is 12.7 Å². The lowest BCUT2D eigenvalue weighted by Gasteiger charge is -2.16. The highest BCUT2D eigenvalue weighted by molar-refractivity contribution is 14.1. The van der Waals surface area contributed by atoms with Gasteiger partial charge in [-0.25, -0.2) is 0 Å². The molecule has 0 atom stereocenters. The van der Waals surface area contributed by atoms with Gasteiger partial charge in [-0.3, -0.25) is 0 Å². The van der Waals surface area contributed by atoms with Gasteiger partial charge in [0.2, 0.25) is 0 Å². The van der Waals surface area contributed by atoms with Crippen molar-refractivity contribution in [2.75, 3.05) is 0 Å². The molecule has 0 unspecified atom stereocenters. The van der Waals surface area contributed by atoms with Crippen LogP contribution in [0.2, 0.25) is 0 Å². The molecule has 0 saturated heterocycles. The third-order valence-electron chi connectivity index (χ3n) is 8.35. The van der Waals surface area contributed by atoms with Crippen LogP contribution in [0.5, 0.6) is 11.5 Å². The quantitative estimate of drug-likeness (QED) is 0.112. The number of benzene rings is 6. The summed E-state index contributed by atoms with van der Waals surface area (Å²) < 4.78 is 88.8. The van der Waals surface area contributed by atoms with E-state index in [-0.39, 0.29) is 11.5 Å². The Hall–Kier alpha value is -1.85. The molecule has 0 aliphatic rings. The molecule has 6 rings (SSSR count). The second kappa shape index (κ2) is 16.7. The normalized spacial score (nSPS) is 11.8. The minimum Gasteiger partial charge on any atom is -0.405 e. The Morgan fingerprint density at radius 3 is 1.25 bits per heavy atom. The van der Waals surface area contributed by atoms with Gasteiger partial charge in [-0.05, 0) is 218 Å². The first kappa shape index (κ1) is 40.8. The van der Waals surface area contributed by atoms with Crippen molar-refractivity contribution in [3.63, 3.8) is 0 Å². The summed E-state index contributed by atoms with van der Waals surface area (Å²) in [5, 5.41) is 0. The van der Waals surface area contributed by atoms with Crippen LogP contribution in [0.25, 0.3) is 44.5 Å². The van der Waals surface area contributed by atoms with Crippen LogP contribution in [-0.2, 0) is 6.42 Å². The predicted octanol–water partition coefficient (Wildman–Crippen LogP) is 15.1. The van der Waals surface area contributed by atoms with Gasteiger partial charge in [0.15, 0.2) is 0 Å². The zero-order chi connectivity index (χ0) is 38.2. The molecule has 0 saturated carbocycles. The lowest BCUT2D eigenvalue weighted by Crippen LogP contribution is -2.18. The van der Waals surface area contributed by atoms with E-state index in [4.69, 9.17) is 0 Å². The zero-order valence-corrected chi connectivity index (χ0v) is 37.9. The molecule has 0 N–H and O–H groups in total. The summed E-state index contributed by atoms with van der Waals surface area (Å²) in [7, 11) is 0. The van der Waals surface area contributed by atoms with Crippen molar-refractivity contribution in [1.29, 1.82) is 0 Å². The first-order valence-corrected chi connectivity index (χ1v) is 20.9. The molecule has 0 amide bonds. The molecule has 13 heteroatoms. The Balaban J connectivity index is 1.13. The summed E-state index contributed by atoms with van der Waals surface area (Å²) in [4.78, 5) is 0. The molecular formula is C40H23F6I5O2. The smallest absolute Gasteiger partial charge is 0.405 e. The van der Waals surface area contributed by atoms with Crippen LogP contribution in [0.1, 0.15) is 16.7 Å². The molecule has 2 nitrogen and oxygen atoms in total. The van der Waals surface area contributed by atoms with Crippen LogP contribution in [0.15, 0.2) is 109 Å². The van der Waals surface area contributed by atoms with Gasteiger partial charge in [0.25, 0.3) is 0 Å². The summed E-state index contributed by atoms with van der Waals surface area (Å²) in [6.45, 7) is 1.79. The molecule has 272 valence electrons. The van der Waals surface area contributed by atoms with Crippen molar-refractivity contribution >= 4 is 113 Å². The zero-order valence-electron chi connectivity index (χ0n) is 27.1. The molecular weight excluding hydrogens is 1260 g/mol. The summed E-state index contributed by atoms with van der Waals surface area (Å²) in [6.07, 6.45) is -8.75. The van der Waals surface area contributed by atoms with Crippen molar-refractivity contribution in [3.05, 3.63) is 144 Å². The highest BCUT2D eigenvalue weighted by atomic mass is 127. The average Bonchev–Trinajstić information content (AvgIpc) is 3.09. The number of rotatable bonds is 8. The van der Waals surface area contributed by atoms with E-state index in [1.807, 2.05) is 81.6 Å². The topological polar surface area (TPSA) is 18.5 Å². The summed E-state index contributed by atoms with van der Waals surface area (Å²) >= 11 is 10.4. The number of ether oxygens (including phenoxy) is 2. The van der Waals surface area contributed by atoms with E-state index in [1.165, 1.54) is 12.1 Å². The third-order valence-corrected chi connectivity index (χ3v) is 14.7. The summed E-state index contributed by atoms with van der Waals surface area (Å²) in [5.74, 6) is -0.420. The summed E-state index contributed by atoms with van der Waals surface area (Å²) in [6, 6.07) is 35.0. The van der Waals surface area contributed by atoms with E-state index >= 15 is 0 Å². The van der Waals surface area contributed by atoms with E-state index in [0.717, 1.165) is 74.8 Å². The van der Waals surface area contributed by atoms with Crippen molar-refractivity contribution in [2.24, 2.45) is 0 Å². The Morgan fingerprint density at radius 2 is 0.811 bits per heavy atom. The minimum absolute atomic E-state index is 0.206. The van der Waals surface area contributed by atoms with Crippen LogP contribution in [0.3, 0.4) is 0 Å². The fourth-order valence-electron chi connectivity index (χ4n) is 5.81. The standard InChI is InChI=1S/C40H23F6I5O2/c1-21-28(14-16-34(36(21)49)52-39(41,42)43)26-10-12-29(32(47)19-26)24-6-2-22(3-7-24)18-23-4-8-25(9-5-23)30-13-11-27(20-33(30)48)31-15-17-35(38(51)37(31)50)53-40(44,45)46/h2-17,19-20H,18H2,1H3. The van der Waals surface area contributed by atoms with Gasteiger partial charge in [0.1, 0.15) is 11.5 Å². The lowest BCUT2D eigenvalue weighted by atomic mass is 9.96. The number of hydrogen-bond acceptors (Lipinski definition) is 2. The maximum Gasteiger partial charge on any atom is 0.573 e. The fourth-order valence-corrected chi connectivity index (χ4v) is 9.38. The first-order chi connectivity index (χ1) is 25.0. The van der Waals surface area contributed by atoms with Crippen molar-refractivity contribution in [1.82, 2.24) is 0 Å². The Morgan fingerprint density at radius 1 is 0.434 bits per heavy atom. The van der Waals surface area contributed by atoms with Crippen LogP contribution in [0, 0.1) is 24.8 Å². The molecule has 6 aromatic rings. The average molecular weight is 1280 g/mol. The van der Waals surface area contributed by atoms with Gasteiger partial charge in [0, 0.05) is 10.7 Å². The second-order valence-corrected chi connectivity index (χ2v) is 17.4. The van der Waals surface area contributed by atoms with Crippen LogP contribution in [0.4, 0.5) is 26.3 Å². The highest BCUT2D eigenvalue weighted by Crippen LogP contribution is 2.40. The molecule has 0 aromatic heterocycles. The Bertz CT molecular complexity index is 2140. The van der Waals surface area contributed by atoms with E-state index in [9.17, 15) is 26.3 Å². The molecule has 0 heterocycles. The fraction of sp³-hybridized carbons (Fsp3) is 0.100. The van der Waals surface area contributed by atoms with Gasteiger partial charge in [0.05, 0.1) is 7.14 Å². The molecule has 0 fully saturated rings. The number of halogens is 11. The maximum atomic E-state index is 12.8. The van der Waals surface area contributed by atoms with E-state index in [0.29, 0.717) is 10.7 Å². The van der Waals surface area contributed by atoms with Gasteiger partial charge in [-0.15, -0.1) is 26.3 Å². The van der Waals surface area contributed by atoms with Crippen LogP contribution >= 0.6 is 113 Å². The van der Waals surface area contributed by atoms with Gasteiger partial charge in [-0.1, -0.05) is 78.9 Å². The molecule has 0 aliphatic carbocycles. The maximum absolute atomic E-state index is 12.8. The van der Waals surface area contributed by atoms with E-state index in [2.05, 4.69) is 126 Å². The highest BCUT2D eigenvalue weighted by Gasteiger charge is 2.33. The van der Waals surface area contributed by atoms with Crippen LogP contribution in [-0.4, -0.2) is 12.7 Å². The molecule has 0 spiro atoms. The summed E-state index contributed by atoms with van der Waals surface area (Å²) in [5.41, 5.74) is 10.8. The number of alkyl halides is 6. The Labute approximate surface area is 370 Å². The molecule has 0 aliphatic heterocycles. The SMILES string of the molecule is Cc1c(-c2ccc(-c3ccc(Cc4ccc(-c5ccc(-c6ccc(OC(F)(F)F)c(I)c6I)cc5I)cc4)cc3)c(I)c2)ccc(OC(F)(F)F)c1I. The molecule has 6 aromatic carbocycles. The molecule has 53 heavy (non-hydrogen) atoms. The Kier molecular flexibility index (Phi) is 12.9. The van der Waals surface area contributed by atoms with Crippen LogP contribution < -0.4 is 9.47 Å². The van der Waals surface area contributed by atoms with E-state index in [1.54, 1.807) is 19.1 Å². The lowest BCUT2D eigenvalue weighted by molar-refractivity contribution is -0.276. The van der Waals surface area contributed by atoms with Gasteiger partial charge in [-0.2, -0.15) is 0 Å². The van der Waals surface area contributed by atoms with E-state index < -0.39 is 12.7 Å². The monoisotopic (exact) mass is 1280 g/mol. The van der Waals surface area contributed by atoms with Crippen molar-refractivity contribution in [3.8, 4) is 56.0 Å². The number of hydrogen-bond donors (Lipinski definition) is 0. The third kappa shape index (κ3) is 9.94. The van der Waals surface area contributed by atoms with Crippen molar-refractivity contribution < 1.29 is 35.8 Å². The van der Waals surface area contributed by atoms with Crippen molar-refractivity contribution in [2.45, 2.75) is 26.1 Å². The van der Waals surface area contributed by atoms with Gasteiger partial charge < -0.3 is 9.47 Å². The largest absolute Gasteiger partial charge is 0.573 e. The minimum atomic E-state index is -4.75.